The van der Waals surface area contributed by atoms with E-state index < -0.39 is 18.1 Å². The highest BCUT2D eigenvalue weighted by atomic mass is 16.5. The van der Waals surface area contributed by atoms with Gasteiger partial charge in [0.25, 0.3) is 0 Å². The number of rotatable bonds is 10. The molecule has 130 valence electrons. The van der Waals surface area contributed by atoms with E-state index >= 15 is 0 Å². The van der Waals surface area contributed by atoms with Gasteiger partial charge in [0.2, 0.25) is 5.91 Å². The number of ether oxygens (including phenoxy) is 2. The number of aliphatic hydroxyl groups excluding tert-OH is 1. The molecule has 0 radical (unpaired) electrons. The maximum absolute atomic E-state index is 11.4. The number of aryl methyl sites for hydroxylation is 2. The highest BCUT2D eigenvalue weighted by Gasteiger charge is 2.21. The summed E-state index contributed by atoms with van der Waals surface area (Å²) in [6.07, 6.45) is -0.728. The molecule has 6 nitrogen and oxygen atoms in total. The third-order valence-corrected chi connectivity index (χ3v) is 3.76. The molecule has 2 atom stereocenters. The fraction of sp³-hybridized carbons (Fsp3) is 0.588. The Hall–Kier alpha value is -1.63. The molecular weight excluding hydrogens is 296 g/mol. The molecule has 0 aromatic heterocycles. The van der Waals surface area contributed by atoms with Crippen molar-refractivity contribution in [1.29, 1.82) is 0 Å². The normalized spacial score (nSPS) is 13.8. The van der Waals surface area contributed by atoms with E-state index in [-0.39, 0.29) is 6.61 Å². The van der Waals surface area contributed by atoms with E-state index in [0.717, 1.165) is 16.9 Å². The summed E-state index contributed by atoms with van der Waals surface area (Å²) in [6, 6.07) is 5.47. The zero-order valence-corrected chi connectivity index (χ0v) is 14.4. The Kier molecular flexibility index (Phi) is 8.02. The van der Waals surface area contributed by atoms with Crippen molar-refractivity contribution in [3.63, 3.8) is 0 Å². The van der Waals surface area contributed by atoms with Gasteiger partial charge in [-0.25, -0.2) is 0 Å². The fourth-order valence-corrected chi connectivity index (χ4v) is 2.20. The molecule has 0 heterocycles. The van der Waals surface area contributed by atoms with Gasteiger partial charge >= 0.3 is 0 Å². The fourth-order valence-electron chi connectivity index (χ4n) is 2.20. The molecule has 0 saturated heterocycles. The molecule has 0 aliphatic rings. The van der Waals surface area contributed by atoms with Crippen LogP contribution in [0.15, 0.2) is 18.2 Å². The number of aliphatic hydroxyl groups is 1. The smallest absolute Gasteiger partial charge is 0.234 e. The van der Waals surface area contributed by atoms with E-state index in [0.29, 0.717) is 19.7 Å². The van der Waals surface area contributed by atoms with Gasteiger partial charge in [0, 0.05) is 20.2 Å². The minimum absolute atomic E-state index is 0.152. The zero-order chi connectivity index (χ0) is 17.4. The lowest BCUT2D eigenvalue weighted by molar-refractivity contribution is -0.123. The molecule has 2 unspecified atom stereocenters. The van der Waals surface area contributed by atoms with Crippen LogP contribution in [0.4, 0.5) is 0 Å². The van der Waals surface area contributed by atoms with Gasteiger partial charge in [0.15, 0.2) is 0 Å². The highest BCUT2D eigenvalue weighted by molar-refractivity contribution is 5.79. The summed E-state index contributed by atoms with van der Waals surface area (Å²) in [4.78, 5) is 13.2. The summed E-state index contributed by atoms with van der Waals surface area (Å²) < 4.78 is 10.7. The van der Waals surface area contributed by atoms with Gasteiger partial charge in [0.1, 0.15) is 18.5 Å². The maximum atomic E-state index is 11.4. The maximum Gasteiger partial charge on any atom is 0.234 e. The van der Waals surface area contributed by atoms with Crippen LogP contribution in [0.3, 0.4) is 0 Å². The lowest BCUT2D eigenvalue weighted by Gasteiger charge is -2.28. The van der Waals surface area contributed by atoms with Crippen molar-refractivity contribution in [2.75, 3.05) is 33.4 Å². The topological polar surface area (TPSA) is 85.0 Å². The summed E-state index contributed by atoms with van der Waals surface area (Å²) in [7, 11) is 1.59. The molecule has 0 saturated carbocycles. The zero-order valence-electron chi connectivity index (χ0n) is 14.4. The molecule has 1 aromatic carbocycles. The predicted octanol–water partition coefficient (Wildman–Crippen LogP) is 0.865. The number of amides is 1. The average molecular weight is 324 g/mol. The van der Waals surface area contributed by atoms with Gasteiger partial charge in [-0.05, 0) is 38.0 Å². The van der Waals surface area contributed by atoms with Crippen molar-refractivity contribution in [2.24, 2.45) is 5.73 Å². The standard InChI is InChI=1S/C17H28N2O4/c1-12-5-6-13(2)16(9-12)23-11-15(20)10-19(7-8-22-4)14(3)17(18)21/h5-6,9,14-15,20H,7-8,10-11H2,1-4H3,(H2,18,21). The van der Waals surface area contributed by atoms with E-state index in [2.05, 4.69) is 0 Å². The minimum Gasteiger partial charge on any atom is -0.491 e. The third-order valence-electron chi connectivity index (χ3n) is 3.76. The number of carbonyl (C=O) groups excluding carboxylic acids is 1. The molecule has 23 heavy (non-hydrogen) atoms. The Balaban J connectivity index is 2.59. The van der Waals surface area contributed by atoms with Crippen LogP contribution in [-0.2, 0) is 9.53 Å². The van der Waals surface area contributed by atoms with Crippen molar-refractivity contribution in [2.45, 2.75) is 32.9 Å². The van der Waals surface area contributed by atoms with Crippen LogP contribution in [0, 0.1) is 13.8 Å². The van der Waals surface area contributed by atoms with Crippen LogP contribution in [0.2, 0.25) is 0 Å². The quantitative estimate of drug-likeness (QED) is 0.667. The van der Waals surface area contributed by atoms with Gasteiger partial charge in [0.05, 0.1) is 12.6 Å². The Morgan fingerprint density at radius 1 is 1.39 bits per heavy atom. The van der Waals surface area contributed by atoms with E-state index in [9.17, 15) is 9.90 Å². The third kappa shape index (κ3) is 6.56. The Labute approximate surface area is 138 Å². The lowest BCUT2D eigenvalue weighted by Crippen LogP contribution is -2.48. The molecule has 0 aliphatic heterocycles. The van der Waals surface area contributed by atoms with E-state index in [1.807, 2.05) is 32.0 Å². The van der Waals surface area contributed by atoms with E-state index in [4.69, 9.17) is 15.2 Å². The van der Waals surface area contributed by atoms with Crippen LogP contribution >= 0.6 is 0 Å². The SMILES string of the molecule is COCCN(CC(O)COc1cc(C)ccc1C)C(C)C(N)=O. The van der Waals surface area contributed by atoms with E-state index in [1.54, 1.807) is 18.9 Å². The Bertz CT molecular complexity index is 507. The van der Waals surface area contributed by atoms with Crippen LogP contribution in [0.1, 0.15) is 18.1 Å². The summed E-state index contributed by atoms with van der Waals surface area (Å²) in [6.45, 7) is 7.09. The van der Waals surface area contributed by atoms with Crippen LogP contribution in [0.5, 0.6) is 5.75 Å². The highest BCUT2D eigenvalue weighted by Crippen LogP contribution is 2.19. The van der Waals surface area contributed by atoms with E-state index in [1.165, 1.54) is 0 Å². The van der Waals surface area contributed by atoms with Gasteiger partial charge in [-0.1, -0.05) is 12.1 Å². The van der Waals surface area contributed by atoms with Crippen LogP contribution in [0.25, 0.3) is 0 Å². The van der Waals surface area contributed by atoms with Gasteiger partial charge in [-0.2, -0.15) is 0 Å². The number of carbonyl (C=O) groups is 1. The number of nitrogens with zero attached hydrogens (tertiary/aromatic N) is 1. The lowest BCUT2D eigenvalue weighted by atomic mass is 10.1. The van der Waals surface area contributed by atoms with Crippen LogP contribution in [-0.4, -0.2) is 61.5 Å². The number of primary amides is 1. The number of benzene rings is 1. The molecule has 0 aliphatic carbocycles. The molecule has 0 fully saturated rings. The molecule has 0 spiro atoms. The average Bonchev–Trinajstić information content (AvgIpc) is 2.51. The first-order valence-corrected chi connectivity index (χ1v) is 7.75. The van der Waals surface area contributed by atoms with Gasteiger partial charge in [-0.15, -0.1) is 0 Å². The first-order chi connectivity index (χ1) is 10.8. The summed E-state index contributed by atoms with van der Waals surface area (Å²) in [5.74, 6) is 0.333. The number of hydrogen-bond acceptors (Lipinski definition) is 5. The number of methoxy groups -OCH3 is 1. The molecule has 6 heteroatoms. The second-order valence-electron chi connectivity index (χ2n) is 5.80. The first kappa shape index (κ1) is 19.4. The molecule has 1 aromatic rings. The number of nitrogens with two attached hydrogens (primary N) is 1. The molecule has 0 bridgehead atoms. The van der Waals surface area contributed by atoms with Crippen LogP contribution < -0.4 is 10.5 Å². The van der Waals surface area contributed by atoms with Crippen molar-refractivity contribution >= 4 is 5.91 Å². The number of hydrogen-bond donors (Lipinski definition) is 2. The summed E-state index contributed by atoms with van der Waals surface area (Å²) >= 11 is 0. The second-order valence-corrected chi connectivity index (χ2v) is 5.80. The Morgan fingerprint density at radius 3 is 2.70 bits per heavy atom. The second kappa shape index (κ2) is 9.50. The summed E-state index contributed by atoms with van der Waals surface area (Å²) in [5, 5.41) is 10.2. The van der Waals surface area contributed by atoms with Gasteiger partial charge in [-0.3, -0.25) is 9.69 Å². The first-order valence-electron chi connectivity index (χ1n) is 7.75. The largest absolute Gasteiger partial charge is 0.491 e. The molecule has 3 N–H and O–H groups in total. The van der Waals surface area contributed by atoms with Gasteiger partial charge < -0.3 is 20.3 Å². The predicted molar refractivity (Wildman–Crippen MR) is 89.5 cm³/mol. The molecular formula is C17H28N2O4. The Morgan fingerprint density at radius 2 is 2.09 bits per heavy atom. The van der Waals surface area contributed by atoms with Crippen molar-refractivity contribution in [1.82, 2.24) is 4.90 Å². The minimum atomic E-state index is -0.728. The molecule has 1 amide bonds. The summed E-state index contributed by atoms with van der Waals surface area (Å²) in [5.41, 5.74) is 7.47. The monoisotopic (exact) mass is 324 g/mol. The van der Waals surface area contributed by atoms with Crippen molar-refractivity contribution in [3.8, 4) is 5.75 Å². The molecule has 1 rings (SSSR count). The van der Waals surface area contributed by atoms with Crippen molar-refractivity contribution < 1.29 is 19.4 Å². The van der Waals surface area contributed by atoms with Crippen molar-refractivity contribution in [3.05, 3.63) is 29.3 Å².